The molecule has 0 aromatic heterocycles. The van der Waals surface area contributed by atoms with Crippen molar-refractivity contribution in [2.75, 3.05) is 7.11 Å². The standard InChI is InChI=1S/C15H25NO/c1-5-6-14(16)10-9-13-8-7-11(2)12(3)15(13)17-4/h7-8,14H,5-6,9-10,16H2,1-4H3. The van der Waals surface area contributed by atoms with Gasteiger partial charge in [0.05, 0.1) is 7.11 Å². The number of rotatable bonds is 6. The van der Waals surface area contributed by atoms with Crippen molar-refractivity contribution in [2.45, 2.75) is 52.5 Å². The minimum absolute atomic E-state index is 0.311. The van der Waals surface area contributed by atoms with Gasteiger partial charge in [-0.1, -0.05) is 25.5 Å². The Balaban J connectivity index is 2.74. The van der Waals surface area contributed by atoms with Gasteiger partial charge in [-0.25, -0.2) is 0 Å². The van der Waals surface area contributed by atoms with Crippen molar-refractivity contribution in [3.05, 3.63) is 28.8 Å². The summed E-state index contributed by atoms with van der Waals surface area (Å²) in [5.41, 5.74) is 9.86. The van der Waals surface area contributed by atoms with Crippen molar-refractivity contribution in [1.29, 1.82) is 0 Å². The van der Waals surface area contributed by atoms with Gasteiger partial charge < -0.3 is 10.5 Å². The average molecular weight is 235 g/mol. The van der Waals surface area contributed by atoms with Crippen LogP contribution in [0.2, 0.25) is 0 Å². The zero-order valence-electron chi connectivity index (χ0n) is 11.5. The molecule has 0 radical (unpaired) electrons. The zero-order chi connectivity index (χ0) is 12.8. The van der Waals surface area contributed by atoms with E-state index in [0.29, 0.717) is 6.04 Å². The molecule has 0 aliphatic carbocycles. The van der Waals surface area contributed by atoms with Gasteiger partial charge in [-0.05, 0) is 49.8 Å². The van der Waals surface area contributed by atoms with Gasteiger partial charge in [0.2, 0.25) is 0 Å². The molecule has 1 aromatic rings. The van der Waals surface area contributed by atoms with E-state index in [4.69, 9.17) is 10.5 Å². The average Bonchev–Trinajstić information content (AvgIpc) is 2.31. The summed E-state index contributed by atoms with van der Waals surface area (Å²) in [5, 5.41) is 0. The molecule has 96 valence electrons. The largest absolute Gasteiger partial charge is 0.496 e. The van der Waals surface area contributed by atoms with E-state index in [0.717, 1.165) is 31.4 Å². The lowest BCUT2D eigenvalue weighted by molar-refractivity contribution is 0.404. The van der Waals surface area contributed by atoms with Gasteiger partial charge in [0.15, 0.2) is 0 Å². The number of ether oxygens (including phenoxy) is 1. The Hall–Kier alpha value is -1.02. The Labute approximate surface area is 105 Å². The summed E-state index contributed by atoms with van der Waals surface area (Å²) in [6.45, 7) is 6.41. The third-order valence-corrected chi connectivity index (χ3v) is 3.41. The molecule has 17 heavy (non-hydrogen) atoms. The van der Waals surface area contributed by atoms with Crippen LogP contribution >= 0.6 is 0 Å². The second kappa shape index (κ2) is 6.65. The molecule has 1 rings (SSSR count). The van der Waals surface area contributed by atoms with Gasteiger partial charge in [0, 0.05) is 6.04 Å². The number of aryl methyl sites for hydroxylation is 2. The van der Waals surface area contributed by atoms with Crippen molar-refractivity contribution < 1.29 is 4.74 Å². The third-order valence-electron chi connectivity index (χ3n) is 3.41. The van der Waals surface area contributed by atoms with Gasteiger partial charge in [-0.3, -0.25) is 0 Å². The van der Waals surface area contributed by atoms with Crippen molar-refractivity contribution >= 4 is 0 Å². The lowest BCUT2D eigenvalue weighted by atomic mass is 9.98. The fourth-order valence-electron chi connectivity index (χ4n) is 2.18. The van der Waals surface area contributed by atoms with Crippen LogP contribution in [-0.4, -0.2) is 13.2 Å². The maximum Gasteiger partial charge on any atom is 0.125 e. The van der Waals surface area contributed by atoms with Crippen LogP contribution in [0, 0.1) is 13.8 Å². The molecule has 0 saturated carbocycles. The van der Waals surface area contributed by atoms with E-state index in [1.807, 2.05) is 0 Å². The van der Waals surface area contributed by atoms with Crippen molar-refractivity contribution in [3.8, 4) is 5.75 Å². The van der Waals surface area contributed by atoms with E-state index in [9.17, 15) is 0 Å². The van der Waals surface area contributed by atoms with Gasteiger partial charge in [0.25, 0.3) is 0 Å². The van der Waals surface area contributed by atoms with Crippen LogP contribution in [-0.2, 0) is 6.42 Å². The maximum absolute atomic E-state index is 6.05. The van der Waals surface area contributed by atoms with E-state index in [1.54, 1.807) is 7.11 Å². The number of methoxy groups -OCH3 is 1. The maximum atomic E-state index is 6.05. The molecule has 0 aliphatic heterocycles. The molecule has 0 heterocycles. The molecule has 0 aliphatic rings. The minimum atomic E-state index is 0.311. The van der Waals surface area contributed by atoms with E-state index >= 15 is 0 Å². The summed E-state index contributed by atoms with van der Waals surface area (Å²) in [6.07, 6.45) is 4.30. The molecule has 0 bridgehead atoms. The van der Waals surface area contributed by atoms with Crippen molar-refractivity contribution in [3.63, 3.8) is 0 Å². The molecular formula is C15H25NO. The molecule has 1 atom stereocenters. The predicted octanol–water partition coefficient (Wildman–Crippen LogP) is 3.37. The zero-order valence-corrected chi connectivity index (χ0v) is 11.5. The first-order chi connectivity index (χ1) is 8.10. The highest BCUT2D eigenvalue weighted by Gasteiger charge is 2.10. The Morgan fingerprint density at radius 3 is 2.53 bits per heavy atom. The van der Waals surface area contributed by atoms with Gasteiger partial charge >= 0.3 is 0 Å². The van der Waals surface area contributed by atoms with Crippen molar-refractivity contribution in [2.24, 2.45) is 5.73 Å². The monoisotopic (exact) mass is 235 g/mol. The number of hydrogen-bond donors (Lipinski definition) is 1. The Bertz CT molecular complexity index is 360. The summed E-state index contributed by atoms with van der Waals surface area (Å²) in [4.78, 5) is 0. The van der Waals surface area contributed by atoms with Crippen LogP contribution in [0.3, 0.4) is 0 Å². The summed E-state index contributed by atoms with van der Waals surface area (Å²) in [5.74, 6) is 1.04. The molecule has 1 aromatic carbocycles. The molecule has 0 fully saturated rings. The molecule has 2 N–H and O–H groups in total. The van der Waals surface area contributed by atoms with Crippen LogP contribution < -0.4 is 10.5 Å². The fourth-order valence-corrected chi connectivity index (χ4v) is 2.18. The van der Waals surface area contributed by atoms with Gasteiger partial charge in [-0.15, -0.1) is 0 Å². The van der Waals surface area contributed by atoms with Crippen LogP contribution in [0.15, 0.2) is 12.1 Å². The number of nitrogens with two attached hydrogens (primary N) is 1. The van der Waals surface area contributed by atoms with E-state index < -0.39 is 0 Å². The van der Waals surface area contributed by atoms with Crippen LogP contribution in [0.5, 0.6) is 5.75 Å². The summed E-state index contributed by atoms with van der Waals surface area (Å²) < 4.78 is 5.51. The second-order valence-electron chi connectivity index (χ2n) is 4.79. The Morgan fingerprint density at radius 2 is 1.94 bits per heavy atom. The quantitative estimate of drug-likeness (QED) is 0.820. The van der Waals surface area contributed by atoms with E-state index in [-0.39, 0.29) is 0 Å². The lowest BCUT2D eigenvalue weighted by Crippen LogP contribution is -2.20. The first-order valence-electron chi connectivity index (χ1n) is 6.48. The van der Waals surface area contributed by atoms with Gasteiger partial charge in [0.1, 0.15) is 5.75 Å². The smallest absolute Gasteiger partial charge is 0.125 e. The highest BCUT2D eigenvalue weighted by Crippen LogP contribution is 2.27. The lowest BCUT2D eigenvalue weighted by Gasteiger charge is -2.15. The molecule has 0 amide bonds. The summed E-state index contributed by atoms with van der Waals surface area (Å²) in [7, 11) is 1.75. The molecule has 2 nitrogen and oxygen atoms in total. The first-order valence-corrected chi connectivity index (χ1v) is 6.48. The third kappa shape index (κ3) is 3.74. The Kier molecular flexibility index (Phi) is 5.49. The summed E-state index contributed by atoms with van der Waals surface area (Å²) in [6, 6.07) is 4.64. The van der Waals surface area contributed by atoms with Gasteiger partial charge in [-0.2, -0.15) is 0 Å². The fraction of sp³-hybridized carbons (Fsp3) is 0.600. The molecule has 0 spiro atoms. The van der Waals surface area contributed by atoms with Crippen LogP contribution in [0.25, 0.3) is 0 Å². The Morgan fingerprint density at radius 1 is 1.24 bits per heavy atom. The highest BCUT2D eigenvalue weighted by molar-refractivity contribution is 5.45. The number of hydrogen-bond acceptors (Lipinski definition) is 2. The predicted molar refractivity (Wildman–Crippen MR) is 73.7 cm³/mol. The molecule has 2 heteroatoms. The molecular weight excluding hydrogens is 210 g/mol. The highest BCUT2D eigenvalue weighted by atomic mass is 16.5. The second-order valence-corrected chi connectivity index (χ2v) is 4.79. The van der Waals surface area contributed by atoms with E-state index in [2.05, 4.69) is 32.9 Å². The minimum Gasteiger partial charge on any atom is -0.496 e. The van der Waals surface area contributed by atoms with Crippen LogP contribution in [0.4, 0.5) is 0 Å². The molecule has 1 unspecified atom stereocenters. The topological polar surface area (TPSA) is 35.2 Å². The SMILES string of the molecule is CCCC(N)CCc1ccc(C)c(C)c1OC. The normalized spacial score (nSPS) is 12.5. The molecule has 0 saturated heterocycles. The number of benzene rings is 1. The van der Waals surface area contributed by atoms with Crippen molar-refractivity contribution in [1.82, 2.24) is 0 Å². The van der Waals surface area contributed by atoms with E-state index in [1.165, 1.54) is 16.7 Å². The first kappa shape index (κ1) is 14.0. The summed E-state index contributed by atoms with van der Waals surface area (Å²) >= 11 is 0. The van der Waals surface area contributed by atoms with Crippen LogP contribution in [0.1, 0.15) is 42.9 Å².